The Balaban J connectivity index is 1.95. The molecule has 0 radical (unpaired) electrons. The lowest BCUT2D eigenvalue weighted by Gasteiger charge is -2.09. The predicted molar refractivity (Wildman–Crippen MR) is 86.5 cm³/mol. The monoisotopic (exact) mass is 329 g/mol. The second kappa shape index (κ2) is 6.17. The van der Waals surface area contributed by atoms with E-state index in [1.807, 2.05) is 30.3 Å². The third kappa shape index (κ3) is 2.81. The number of aliphatic hydroxyl groups is 1. The summed E-state index contributed by atoms with van der Waals surface area (Å²) in [6.07, 6.45) is 0. The number of fused-ring (bicyclic) bond motifs is 1. The maximum absolute atomic E-state index is 10.4. The van der Waals surface area contributed by atoms with Gasteiger partial charge < -0.3 is 10.1 Å². The molecule has 6 nitrogen and oxygen atoms in total. The van der Waals surface area contributed by atoms with Gasteiger partial charge in [-0.3, -0.25) is 0 Å². The molecular formula is C14H11N5OS2. The van der Waals surface area contributed by atoms with Crippen LogP contribution in [0.2, 0.25) is 0 Å². The summed E-state index contributed by atoms with van der Waals surface area (Å²) in [5.41, 5.74) is 3.34. The van der Waals surface area contributed by atoms with Crippen molar-refractivity contribution in [3.05, 3.63) is 41.4 Å². The van der Waals surface area contributed by atoms with Crippen LogP contribution in [0.25, 0.3) is 16.6 Å². The van der Waals surface area contributed by atoms with Gasteiger partial charge in [0.2, 0.25) is 0 Å². The first-order chi connectivity index (χ1) is 10.7. The van der Waals surface area contributed by atoms with E-state index in [1.54, 1.807) is 12.4 Å². The summed E-state index contributed by atoms with van der Waals surface area (Å²) in [6, 6.07) is 9.50. The van der Waals surface area contributed by atoms with Gasteiger partial charge in [0, 0.05) is 0 Å². The van der Waals surface area contributed by atoms with Gasteiger partial charge in [-0.2, -0.15) is 5.26 Å². The number of aliphatic hydroxyl groups excluding tert-OH is 1. The van der Waals surface area contributed by atoms with E-state index in [1.165, 1.54) is 23.1 Å². The molecule has 0 unspecified atom stereocenters. The molecule has 22 heavy (non-hydrogen) atoms. The number of nitriles is 1. The van der Waals surface area contributed by atoms with Crippen molar-refractivity contribution < 1.29 is 5.11 Å². The number of H-pyrrole nitrogens is 1. The summed E-state index contributed by atoms with van der Waals surface area (Å²) >= 11 is 2.74. The molecule has 2 N–H and O–H groups in total. The first-order valence-electron chi connectivity index (χ1n) is 6.40. The number of hydrogen-bond acceptors (Lipinski definition) is 7. The number of thioether (sulfide) groups is 1. The number of para-hydroxylation sites is 2. The van der Waals surface area contributed by atoms with E-state index in [-0.39, 0.29) is 16.6 Å². The molecule has 8 heteroatoms. The van der Waals surface area contributed by atoms with Gasteiger partial charge >= 0.3 is 0 Å². The van der Waals surface area contributed by atoms with Crippen LogP contribution in [-0.4, -0.2) is 30.5 Å². The highest BCUT2D eigenvalue weighted by molar-refractivity contribution is 8.01. The molecule has 0 fully saturated rings. The van der Waals surface area contributed by atoms with Crippen LogP contribution < -0.4 is 0 Å². The van der Waals surface area contributed by atoms with E-state index in [0.29, 0.717) is 5.82 Å². The van der Waals surface area contributed by atoms with Gasteiger partial charge in [0.15, 0.2) is 10.2 Å². The molecule has 0 saturated heterocycles. The van der Waals surface area contributed by atoms with Crippen LogP contribution in [0, 0.1) is 11.3 Å². The quantitative estimate of drug-likeness (QED) is 0.432. The molecule has 0 aliphatic rings. The Kier molecular flexibility index (Phi) is 4.09. The van der Waals surface area contributed by atoms with Crippen molar-refractivity contribution in [3.63, 3.8) is 0 Å². The number of benzene rings is 1. The number of aromatic amines is 1. The van der Waals surface area contributed by atoms with Crippen molar-refractivity contribution in [2.75, 3.05) is 0 Å². The van der Waals surface area contributed by atoms with Gasteiger partial charge in [-0.25, -0.2) is 4.98 Å². The zero-order valence-electron chi connectivity index (χ0n) is 11.5. The summed E-state index contributed by atoms with van der Waals surface area (Å²) in [6.45, 7) is 1.81. The Morgan fingerprint density at radius 2 is 2.27 bits per heavy atom. The van der Waals surface area contributed by atoms with E-state index in [0.717, 1.165) is 15.4 Å². The average Bonchev–Trinajstić information content (AvgIpc) is 3.16. The van der Waals surface area contributed by atoms with Crippen molar-refractivity contribution in [1.29, 1.82) is 5.26 Å². The number of hydrogen-bond donors (Lipinski definition) is 2. The van der Waals surface area contributed by atoms with Crippen molar-refractivity contribution >= 4 is 39.7 Å². The maximum atomic E-state index is 10.4. The van der Waals surface area contributed by atoms with Crippen LogP contribution in [0.1, 0.15) is 12.7 Å². The van der Waals surface area contributed by atoms with E-state index in [2.05, 4.69) is 20.2 Å². The molecule has 0 spiro atoms. The molecule has 0 aliphatic carbocycles. The van der Waals surface area contributed by atoms with Crippen molar-refractivity contribution in [2.45, 2.75) is 16.5 Å². The zero-order chi connectivity index (χ0) is 15.5. The Morgan fingerprint density at radius 1 is 1.45 bits per heavy atom. The molecule has 0 amide bonds. The number of allylic oxidation sites excluding steroid dienone is 1. The molecule has 1 atom stereocenters. The van der Waals surface area contributed by atoms with Crippen LogP contribution in [0.5, 0.6) is 0 Å². The molecule has 110 valence electrons. The number of rotatable bonds is 4. The third-order valence-electron chi connectivity index (χ3n) is 3.00. The maximum Gasteiger partial charge on any atom is 0.174 e. The summed E-state index contributed by atoms with van der Waals surface area (Å²) in [5, 5.41) is 27.1. The normalized spacial score (nSPS) is 13.6. The lowest BCUT2D eigenvalue weighted by Crippen LogP contribution is -2.04. The minimum Gasteiger partial charge on any atom is -0.510 e. The molecular weight excluding hydrogens is 318 g/mol. The molecule has 3 rings (SSSR count). The highest BCUT2D eigenvalue weighted by atomic mass is 32.2. The van der Waals surface area contributed by atoms with Gasteiger partial charge in [-0.15, -0.1) is 10.2 Å². The van der Waals surface area contributed by atoms with E-state index in [4.69, 9.17) is 0 Å². The Bertz CT molecular complexity index is 830. The lowest BCUT2D eigenvalue weighted by atomic mass is 10.2. The van der Waals surface area contributed by atoms with Crippen LogP contribution in [0.3, 0.4) is 0 Å². The fourth-order valence-electron chi connectivity index (χ4n) is 1.93. The number of nitrogens with one attached hydrogen (secondary N) is 1. The number of nitrogens with zero attached hydrogens (tertiary/aromatic N) is 4. The summed E-state index contributed by atoms with van der Waals surface area (Å²) < 4.78 is 0.737. The molecule has 2 aromatic heterocycles. The molecule has 0 saturated carbocycles. The number of aromatic nitrogens is 4. The van der Waals surface area contributed by atoms with Gasteiger partial charge in [-0.1, -0.05) is 35.2 Å². The largest absolute Gasteiger partial charge is 0.510 e. The van der Waals surface area contributed by atoms with Gasteiger partial charge in [0.05, 0.1) is 16.3 Å². The second-order valence-electron chi connectivity index (χ2n) is 4.44. The predicted octanol–water partition coefficient (Wildman–Crippen LogP) is 3.39. The van der Waals surface area contributed by atoms with Crippen LogP contribution in [0.4, 0.5) is 0 Å². The summed E-state index contributed by atoms with van der Waals surface area (Å²) in [7, 11) is 0. The molecule has 0 bridgehead atoms. The lowest BCUT2D eigenvalue weighted by molar-refractivity contribution is 0.402. The van der Waals surface area contributed by atoms with E-state index < -0.39 is 0 Å². The van der Waals surface area contributed by atoms with E-state index in [9.17, 15) is 10.4 Å². The van der Waals surface area contributed by atoms with Gasteiger partial charge in [0.1, 0.15) is 22.9 Å². The fraction of sp³-hybridized carbons (Fsp3) is 0.143. The third-order valence-corrected chi connectivity index (χ3v) is 4.92. The molecule has 2 heterocycles. The highest BCUT2D eigenvalue weighted by Gasteiger charge is 2.19. The van der Waals surface area contributed by atoms with Crippen molar-refractivity contribution in [2.24, 2.45) is 0 Å². The Hall–Kier alpha value is -2.37. The van der Waals surface area contributed by atoms with Crippen LogP contribution >= 0.6 is 23.1 Å². The molecule has 3 aromatic rings. The van der Waals surface area contributed by atoms with Crippen molar-refractivity contribution in [1.82, 2.24) is 20.2 Å². The topological polar surface area (TPSA) is 98.5 Å². The average molecular weight is 329 g/mol. The Labute approximate surface area is 134 Å². The van der Waals surface area contributed by atoms with Crippen molar-refractivity contribution in [3.8, 4) is 6.07 Å². The highest BCUT2D eigenvalue weighted by Crippen LogP contribution is 2.30. The van der Waals surface area contributed by atoms with E-state index >= 15 is 0 Å². The minimum atomic E-state index is -0.323. The fourth-order valence-corrected chi connectivity index (χ4v) is 3.62. The summed E-state index contributed by atoms with van der Waals surface area (Å²) in [5.74, 6) is 0.340. The van der Waals surface area contributed by atoms with Gasteiger partial charge in [-0.05, 0) is 19.1 Å². The Morgan fingerprint density at radius 3 is 2.95 bits per heavy atom. The molecule has 0 aliphatic heterocycles. The summed E-state index contributed by atoms with van der Waals surface area (Å²) in [4.78, 5) is 7.41. The smallest absolute Gasteiger partial charge is 0.174 e. The standard InChI is InChI=1S/C14H11N5OS2/c1-8(22-14-19-16-7-21-14)12(20)9(6-15)13-17-10-4-2-3-5-11(10)18-13/h2-5,7-8,20H,1H3,(H,17,18)/b12-9-/t8-/m1/s1. The minimum absolute atomic E-state index is 0.0262. The number of imidazole rings is 1. The van der Waals surface area contributed by atoms with Crippen LogP contribution in [0.15, 0.2) is 39.9 Å². The van der Waals surface area contributed by atoms with Crippen LogP contribution in [-0.2, 0) is 0 Å². The van der Waals surface area contributed by atoms with Gasteiger partial charge in [0.25, 0.3) is 0 Å². The first-order valence-corrected chi connectivity index (χ1v) is 8.16. The first kappa shape index (κ1) is 14.6. The molecule has 1 aromatic carbocycles. The zero-order valence-corrected chi connectivity index (χ0v) is 13.1. The second-order valence-corrected chi connectivity index (χ2v) is 6.86. The SMILES string of the molecule is C[C@@H](Sc1nncs1)/C(O)=C(\C#N)c1nc2ccccc2[nH]1.